The molecule has 2 atom stereocenters. The molecule has 0 unspecified atom stereocenters. The molecule has 6 heteroatoms. The Morgan fingerprint density at radius 3 is 2.83 bits per heavy atom. The number of carbonyl (C=O) groups is 1. The number of hydrogen-bond donors (Lipinski definition) is 2. The van der Waals surface area contributed by atoms with Crippen LogP contribution >= 0.6 is 12.4 Å². The maximum atomic E-state index is 12.2. The first-order valence-electron chi connectivity index (χ1n) is 7.94. The fraction of sp³-hybridized carbons (Fsp3) is 0.588. The van der Waals surface area contributed by atoms with E-state index in [4.69, 9.17) is 9.47 Å². The average Bonchev–Trinajstić information content (AvgIpc) is 2.53. The quantitative estimate of drug-likeness (QED) is 0.834. The van der Waals surface area contributed by atoms with Crippen LogP contribution in [0.1, 0.15) is 32.3 Å². The second-order valence-corrected chi connectivity index (χ2v) is 5.71. The summed E-state index contributed by atoms with van der Waals surface area (Å²) in [5.74, 6) is 1.68. The number of amides is 1. The highest BCUT2D eigenvalue weighted by atomic mass is 35.5. The molecule has 5 nitrogen and oxygen atoms in total. The van der Waals surface area contributed by atoms with Gasteiger partial charge in [0.2, 0.25) is 5.91 Å². The number of methoxy groups -OCH3 is 1. The van der Waals surface area contributed by atoms with Crippen molar-refractivity contribution in [3.63, 3.8) is 0 Å². The van der Waals surface area contributed by atoms with E-state index in [0.29, 0.717) is 24.9 Å². The maximum absolute atomic E-state index is 12.2. The van der Waals surface area contributed by atoms with Crippen molar-refractivity contribution in [1.29, 1.82) is 0 Å². The van der Waals surface area contributed by atoms with Crippen LogP contribution in [0, 0.1) is 5.92 Å². The monoisotopic (exact) mass is 342 g/mol. The highest BCUT2D eigenvalue weighted by Crippen LogP contribution is 2.28. The zero-order valence-corrected chi connectivity index (χ0v) is 14.9. The molecule has 1 aromatic rings. The summed E-state index contributed by atoms with van der Waals surface area (Å²) >= 11 is 0. The Labute approximate surface area is 144 Å². The third-order valence-electron chi connectivity index (χ3n) is 3.99. The van der Waals surface area contributed by atoms with Crippen molar-refractivity contribution in [2.24, 2.45) is 5.92 Å². The zero-order valence-electron chi connectivity index (χ0n) is 14.1. The Hall–Kier alpha value is -1.46. The summed E-state index contributed by atoms with van der Waals surface area (Å²) < 4.78 is 10.8. The maximum Gasteiger partial charge on any atom is 0.223 e. The molecule has 1 aromatic carbocycles. The summed E-state index contributed by atoms with van der Waals surface area (Å²) in [6, 6.07) is 6.17. The Kier molecular flexibility index (Phi) is 8.20. The van der Waals surface area contributed by atoms with Crippen molar-refractivity contribution in [1.82, 2.24) is 10.6 Å². The van der Waals surface area contributed by atoms with Gasteiger partial charge < -0.3 is 20.1 Å². The van der Waals surface area contributed by atoms with Crippen molar-refractivity contribution < 1.29 is 14.3 Å². The predicted octanol–water partition coefficient (Wildman–Crippen LogP) is 2.52. The lowest BCUT2D eigenvalue weighted by atomic mass is 9.92. The van der Waals surface area contributed by atoms with Crippen LogP contribution in [0.15, 0.2) is 18.2 Å². The average molecular weight is 343 g/mol. The fourth-order valence-corrected chi connectivity index (χ4v) is 2.80. The van der Waals surface area contributed by atoms with Crippen LogP contribution in [0.2, 0.25) is 0 Å². The summed E-state index contributed by atoms with van der Waals surface area (Å²) in [5, 5.41) is 6.39. The largest absolute Gasteiger partial charge is 0.493 e. The molecule has 2 N–H and O–H groups in total. The molecular weight excluding hydrogens is 316 g/mol. The van der Waals surface area contributed by atoms with Gasteiger partial charge in [-0.1, -0.05) is 6.07 Å². The van der Waals surface area contributed by atoms with Crippen molar-refractivity contribution in [2.75, 3.05) is 20.3 Å². The van der Waals surface area contributed by atoms with E-state index in [1.165, 1.54) is 0 Å². The molecule has 1 fully saturated rings. The molecule has 1 aliphatic heterocycles. The smallest absolute Gasteiger partial charge is 0.223 e. The van der Waals surface area contributed by atoms with Gasteiger partial charge in [0.1, 0.15) is 0 Å². The van der Waals surface area contributed by atoms with Crippen LogP contribution in [-0.4, -0.2) is 32.2 Å². The van der Waals surface area contributed by atoms with Gasteiger partial charge in [-0.15, -0.1) is 12.4 Å². The minimum Gasteiger partial charge on any atom is -0.493 e. The van der Waals surface area contributed by atoms with Crippen LogP contribution in [0.25, 0.3) is 0 Å². The van der Waals surface area contributed by atoms with Gasteiger partial charge in [0.15, 0.2) is 11.5 Å². The summed E-state index contributed by atoms with van der Waals surface area (Å²) in [7, 11) is 1.62. The second kappa shape index (κ2) is 9.63. The molecule has 130 valence electrons. The normalized spacial score (nSPS) is 20.3. The van der Waals surface area contributed by atoms with E-state index in [-0.39, 0.29) is 24.2 Å². The molecule has 23 heavy (non-hydrogen) atoms. The second-order valence-electron chi connectivity index (χ2n) is 5.71. The van der Waals surface area contributed by atoms with Crippen LogP contribution in [-0.2, 0) is 11.3 Å². The van der Waals surface area contributed by atoms with Crippen LogP contribution in [0.3, 0.4) is 0 Å². The van der Waals surface area contributed by atoms with Crippen LogP contribution in [0.5, 0.6) is 11.5 Å². The first kappa shape index (κ1) is 19.6. The van der Waals surface area contributed by atoms with E-state index in [2.05, 4.69) is 17.6 Å². The molecule has 0 radical (unpaired) electrons. The third-order valence-corrected chi connectivity index (χ3v) is 3.99. The van der Waals surface area contributed by atoms with Gasteiger partial charge in [-0.3, -0.25) is 4.79 Å². The van der Waals surface area contributed by atoms with Crippen LogP contribution < -0.4 is 20.1 Å². The molecule has 0 bridgehead atoms. The van der Waals surface area contributed by atoms with Gasteiger partial charge in [-0.2, -0.15) is 0 Å². The molecule has 1 aliphatic rings. The molecule has 0 aromatic heterocycles. The first-order valence-corrected chi connectivity index (χ1v) is 7.94. The highest BCUT2D eigenvalue weighted by molar-refractivity contribution is 5.85. The predicted molar refractivity (Wildman–Crippen MR) is 93.4 cm³/mol. The first-order chi connectivity index (χ1) is 10.6. The van der Waals surface area contributed by atoms with E-state index >= 15 is 0 Å². The number of halogens is 1. The number of hydrogen-bond acceptors (Lipinski definition) is 4. The van der Waals surface area contributed by atoms with Gasteiger partial charge in [0, 0.05) is 18.5 Å². The van der Waals surface area contributed by atoms with Crippen molar-refractivity contribution in [3.05, 3.63) is 23.8 Å². The molecule has 0 aliphatic carbocycles. The summed E-state index contributed by atoms with van der Waals surface area (Å²) in [4.78, 5) is 12.2. The molecule has 2 rings (SSSR count). The molecule has 1 heterocycles. The molecular formula is C17H27ClN2O3. The van der Waals surface area contributed by atoms with Gasteiger partial charge in [-0.05, 0) is 50.9 Å². The summed E-state index contributed by atoms with van der Waals surface area (Å²) in [5.41, 5.74) is 1.01. The zero-order chi connectivity index (χ0) is 15.9. The molecule has 1 saturated heterocycles. The van der Waals surface area contributed by atoms with E-state index in [0.717, 1.165) is 30.7 Å². The topological polar surface area (TPSA) is 59.6 Å². The lowest BCUT2D eigenvalue weighted by Gasteiger charge is -2.27. The standard InChI is InChI=1S/C17H26N2O3.ClH/c1-4-22-15-6-5-13(10-16(15)21-3)11-19-17(20)14-7-8-18-12(2)9-14;/h5-6,10,12,14,18H,4,7-9,11H2,1-3H3,(H,19,20);1H/t12-,14-;/m0./s1. The highest BCUT2D eigenvalue weighted by Gasteiger charge is 2.24. The van der Waals surface area contributed by atoms with Gasteiger partial charge >= 0.3 is 0 Å². The van der Waals surface area contributed by atoms with Gasteiger partial charge in [0.25, 0.3) is 0 Å². The molecule has 0 saturated carbocycles. The van der Waals surface area contributed by atoms with E-state index < -0.39 is 0 Å². The fourth-order valence-electron chi connectivity index (χ4n) is 2.80. The van der Waals surface area contributed by atoms with E-state index in [9.17, 15) is 4.79 Å². The van der Waals surface area contributed by atoms with E-state index in [1.807, 2.05) is 25.1 Å². The SMILES string of the molecule is CCOc1ccc(CNC(=O)[C@H]2CCN[C@@H](C)C2)cc1OC.Cl. The number of rotatable bonds is 6. The van der Waals surface area contributed by atoms with Gasteiger partial charge in [0.05, 0.1) is 13.7 Å². The molecule has 0 spiro atoms. The Morgan fingerprint density at radius 2 is 2.17 bits per heavy atom. The van der Waals surface area contributed by atoms with Gasteiger partial charge in [-0.25, -0.2) is 0 Å². The van der Waals surface area contributed by atoms with Crippen molar-refractivity contribution >= 4 is 18.3 Å². The molecule has 1 amide bonds. The lowest BCUT2D eigenvalue weighted by Crippen LogP contribution is -2.42. The number of piperidine rings is 1. The Morgan fingerprint density at radius 1 is 1.39 bits per heavy atom. The number of carbonyl (C=O) groups excluding carboxylic acids is 1. The summed E-state index contributed by atoms with van der Waals surface area (Å²) in [6.45, 7) is 6.08. The van der Waals surface area contributed by atoms with E-state index in [1.54, 1.807) is 7.11 Å². The minimum atomic E-state index is 0. The summed E-state index contributed by atoms with van der Waals surface area (Å²) in [6.07, 6.45) is 1.81. The Bertz CT molecular complexity index is 511. The lowest BCUT2D eigenvalue weighted by molar-refractivity contribution is -0.126. The Balaban J connectivity index is 0.00000264. The third kappa shape index (κ3) is 5.59. The van der Waals surface area contributed by atoms with Crippen molar-refractivity contribution in [3.8, 4) is 11.5 Å². The minimum absolute atomic E-state index is 0. The number of nitrogens with one attached hydrogen (secondary N) is 2. The van der Waals surface area contributed by atoms with Crippen molar-refractivity contribution in [2.45, 2.75) is 39.3 Å². The van der Waals surface area contributed by atoms with Crippen LogP contribution in [0.4, 0.5) is 0 Å². The number of benzene rings is 1. The number of ether oxygens (including phenoxy) is 2.